The Morgan fingerprint density at radius 3 is 2.70 bits per heavy atom. The number of cyclic esters (lactones) is 1. The molecule has 0 aliphatic carbocycles. The van der Waals surface area contributed by atoms with Crippen LogP contribution in [0.4, 0.5) is 4.39 Å². The van der Waals surface area contributed by atoms with Crippen molar-refractivity contribution < 1.29 is 18.7 Å². The maximum atomic E-state index is 13.2. The molecule has 0 unspecified atom stereocenters. The Bertz CT molecular complexity index is 1020. The van der Waals surface area contributed by atoms with Crippen LogP contribution in [0.5, 0.6) is 5.75 Å². The van der Waals surface area contributed by atoms with Gasteiger partial charge in [-0.15, -0.1) is 11.3 Å². The lowest BCUT2D eigenvalue weighted by atomic mass is 10.2. The molecule has 2 aromatic carbocycles. The Balaban J connectivity index is 1.44. The number of aliphatic imine (C=N–C) groups is 1. The number of halogens is 1. The van der Waals surface area contributed by atoms with Gasteiger partial charge in [0.25, 0.3) is 0 Å². The van der Waals surface area contributed by atoms with Gasteiger partial charge in [0.05, 0.1) is 4.88 Å². The van der Waals surface area contributed by atoms with Crippen LogP contribution in [0.3, 0.4) is 0 Å². The fourth-order valence-corrected chi connectivity index (χ4v) is 3.18. The average molecular weight is 379 g/mol. The zero-order valence-corrected chi connectivity index (χ0v) is 14.9. The largest absolute Gasteiger partial charge is 0.489 e. The van der Waals surface area contributed by atoms with Crippen molar-refractivity contribution in [3.05, 3.63) is 93.6 Å². The Kier molecular flexibility index (Phi) is 4.80. The number of ether oxygens (including phenoxy) is 2. The summed E-state index contributed by atoms with van der Waals surface area (Å²) in [5.74, 6) is 0.225. The van der Waals surface area contributed by atoms with E-state index in [0.717, 1.165) is 16.0 Å². The quantitative estimate of drug-likeness (QED) is 0.472. The zero-order chi connectivity index (χ0) is 18.6. The van der Waals surface area contributed by atoms with Gasteiger partial charge < -0.3 is 9.47 Å². The number of carbonyl (C=O) groups is 1. The van der Waals surface area contributed by atoms with Crippen molar-refractivity contribution in [2.45, 2.75) is 6.61 Å². The molecule has 0 N–H and O–H groups in total. The molecule has 0 saturated heterocycles. The Hall–Kier alpha value is -3.25. The van der Waals surface area contributed by atoms with Crippen molar-refractivity contribution in [3.8, 4) is 5.75 Å². The average Bonchev–Trinajstić information content (AvgIpc) is 3.32. The molecule has 0 spiro atoms. The first kappa shape index (κ1) is 17.2. The van der Waals surface area contributed by atoms with Crippen molar-refractivity contribution in [1.82, 2.24) is 0 Å². The van der Waals surface area contributed by atoms with Crippen molar-refractivity contribution in [1.29, 1.82) is 0 Å². The highest BCUT2D eigenvalue weighted by Gasteiger charge is 2.24. The van der Waals surface area contributed by atoms with Crippen LogP contribution < -0.4 is 4.74 Å². The Morgan fingerprint density at radius 2 is 1.96 bits per heavy atom. The van der Waals surface area contributed by atoms with Gasteiger partial charge in [-0.1, -0.05) is 30.3 Å². The molecule has 1 aromatic heterocycles. The fourth-order valence-electron chi connectivity index (χ4n) is 2.53. The molecule has 134 valence electrons. The van der Waals surface area contributed by atoms with Gasteiger partial charge >= 0.3 is 5.97 Å². The molecule has 0 radical (unpaired) electrons. The first-order valence-electron chi connectivity index (χ1n) is 8.21. The predicted molar refractivity (Wildman–Crippen MR) is 102 cm³/mol. The minimum atomic E-state index is -0.468. The van der Waals surface area contributed by atoms with Crippen molar-refractivity contribution in [2.75, 3.05) is 0 Å². The normalized spacial score (nSPS) is 14.9. The molecule has 4 nitrogen and oxygen atoms in total. The van der Waals surface area contributed by atoms with Crippen LogP contribution in [0.15, 0.2) is 76.7 Å². The summed E-state index contributed by atoms with van der Waals surface area (Å²) < 4.78 is 24.0. The maximum absolute atomic E-state index is 13.2. The molecule has 0 bridgehead atoms. The Labute approximate surface area is 159 Å². The molecular formula is C21H14FNO3S. The van der Waals surface area contributed by atoms with E-state index in [2.05, 4.69) is 4.99 Å². The van der Waals surface area contributed by atoms with Crippen LogP contribution in [-0.4, -0.2) is 11.9 Å². The first-order valence-corrected chi connectivity index (χ1v) is 9.09. The molecule has 0 atom stereocenters. The number of rotatable bonds is 5. The summed E-state index contributed by atoms with van der Waals surface area (Å²) in [5.41, 5.74) is 1.81. The maximum Gasteiger partial charge on any atom is 0.363 e. The molecule has 1 aliphatic heterocycles. The van der Waals surface area contributed by atoms with Crippen LogP contribution in [0.2, 0.25) is 0 Å². The van der Waals surface area contributed by atoms with Gasteiger partial charge in [-0.3, -0.25) is 0 Å². The van der Waals surface area contributed by atoms with E-state index in [9.17, 15) is 9.18 Å². The number of thiophene rings is 1. The lowest BCUT2D eigenvalue weighted by Crippen LogP contribution is -2.03. The lowest BCUT2D eigenvalue weighted by Gasteiger charge is -2.06. The molecule has 3 aromatic rings. The van der Waals surface area contributed by atoms with Crippen molar-refractivity contribution in [3.63, 3.8) is 0 Å². The molecule has 1 aliphatic rings. The number of benzene rings is 2. The molecule has 4 rings (SSSR count). The van der Waals surface area contributed by atoms with Crippen LogP contribution in [-0.2, 0) is 16.1 Å². The number of esters is 1. The molecule has 0 saturated carbocycles. The van der Waals surface area contributed by atoms with E-state index in [1.807, 2.05) is 29.6 Å². The van der Waals surface area contributed by atoms with Crippen LogP contribution >= 0.6 is 11.3 Å². The van der Waals surface area contributed by atoms with E-state index < -0.39 is 5.97 Å². The summed E-state index contributed by atoms with van der Waals surface area (Å²) in [6.07, 6.45) is 1.67. The van der Waals surface area contributed by atoms with Gasteiger partial charge in [0.15, 0.2) is 5.70 Å². The fraction of sp³-hybridized carbons (Fsp3) is 0.0476. The summed E-state index contributed by atoms with van der Waals surface area (Å²) >= 11 is 1.46. The standard InChI is InChI=1S/C21H14FNO3S/c22-16-4-1-3-15(11-16)13-25-17-8-6-14(7-9-17)12-18-21(24)26-20(23-18)19-5-2-10-27-19/h1-12H,13H2/b18-12+. The number of nitrogens with zero attached hydrogens (tertiary/aromatic N) is 1. The second-order valence-electron chi connectivity index (χ2n) is 5.80. The third-order valence-corrected chi connectivity index (χ3v) is 4.69. The van der Waals surface area contributed by atoms with Crippen LogP contribution in [0.1, 0.15) is 16.0 Å². The van der Waals surface area contributed by atoms with Gasteiger partial charge in [0.2, 0.25) is 5.90 Å². The van der Waals surface area contributed by atoms with E-state index in [1.165, 1.54) is 23.5 Å². The monoisotopic (exact) mass is 379 g/mol. The Morgan fingerprint density at radius 1 is 1.11 bits per heavy atom. The molecule has 27 heavy (non-hydrogen) atoms. The van der Waals surface area contributed by atoms with E-state index in [0.29, 0.717) is 11.6 Å². The lowest BCUT2D eigenvalue weighted by molar-refractivity contribution is -0.129. The van der Waals surface area contributed by atoms with Crippen LogP contribution in [0, 0.1) is 5.82 Å². The predicted octanol–water partition coefficient (Wildman–Crippen LogP) is 4.81. The third kappa shape index (κ3) is 4.12. The van der Waals surface area contributed by atoms with E-state index in [-0.39, 0.29) is 18.1 Å². The molecule has 0 fully saturated rings. The van der Waals surface area contributed by atoms with Gasteiger partial charge in [0.1, 0.15) is 18.2 Å². The molecular weight excluding hydrogens is 365 g/mol. The van der Waals surface area contributed by atoms with Gasteiger partial charge in [-0.25, -0.2) is 14.2 Å². The highest BCUT2D eigenvalue weighted by molar-refractivity contribution is 7.12. The van der Waals surface area contributed by atoms with Gasteiger partial charge in [-0.05, 0) is 52.9 Å². The number of hydrogen-bond donors (Lipinski definition) is 0. The van der Waals surface area contributed by atoms with E-state index >= 15 is 0 Å². The summed E-state index contributed by atoms with van der Waals surface area (Å²) in [7, 11) is 0. The first-order chi connectivity index (χ1) is 13.2. The summed E-state index contributed by atoms with van der Waals surface area (Å²) in [6.45, 7) is 0.277. The van der Waals surface area contributed by atoms with Crippen molar-refractivity contribution >= 4 is 29.3 Å². The van der Waals surface area contributed by atoms with Crippen LogP contribution in [0.25, 0.3) is 6.08 Å². The second-order valence-corrected chi connectivity index (χ2v) is 6.75. The zero-order valence-electron chi connectivity index (χ0n) is 14.1. The summed E-state index contributed by atoms with van der Waals surface area (Å²) in [4.78, 5) is 17.1. The van der Waals surface area contributed by atoms with Crippen molar-refractivity contribution in [2.24, 2.45) is 4.99 Å². The van der Waals surface area contributed by atoms with Gasteiger partial charge in [-0.2, -0.15) is 0 Å². The number of carbonyl (C=O) groups excluding carboxylic acids is 1. The van der Waals surface area contributed by atoms with E-state index in [1.54, 1.807) is 30.3 Å². The minimum absolute atomic E-state index is 0.256. The summed E-state index contributed by atoms with van der Waals surface area (Å²) in [5, 5.41) is 1.90. The van der Waals surface area contributed by atoms with Gasteiger partial charge in [0, 0.05) is 0 Å². The topological polar surface area (TPSA) is 47.9 Å². The smallest absolute Gasteiger partial charge is 0.363 e. The highest BCUT2D eigenvalue weighted by atomic mass is 32.1. The molecule has 6 heteroatoms. The third-order valence-electron chi connectivity index (χ3n) is 3.83. The van der Waals surface area contributed by atoms with E-state index in [4.69, 9.17) is 9.47 Å². The SMILES string of the molecule is O=C1OC(c2cccs2)=N/C1=C/c1ccc(OCc2cccc(F)c2)cc1. The summed E-state index contributed by atoms with van der Waals surface area (Å²) in [6, 6.07) is 17.2. The minimum Gasteiger partial charge on any atom is -0.489 e. The number of hydrogen-bond acceptors (Lipinski definition) is 5. The molecule has 2 heterocycles. The highest BCUT2D eigenvalue weighted by Crippen LogP contribution is 2.22. The molecule has 0 amide bonds. The second kappa shape index (κ2) is 7.55.